The van der Waals surface area contributed by atoms with Gasteiger partial charge in [0.1, 0.15) is 6.61 Å². The number of carbonyl (C=O) groups is 1. The van der Waals surface area contributed by atoms with Crippen LogP contribution in [0.3, 0.4) is 0 Å². The molecular formula is C14H20O2. The predicted molar refractivity (Wildman–Crippen MR) is 65.9 cm³/mol. The van der Waals surface area contributed by atoms with Gasteiger partial charge in [-0.05, 0) is 19.4 Å². The van der Waals surface area contributed by atoms with E-state index in [4.69, 9.17) is 4.74 Å². The molecule has 1 aromatic rings. The lowest BCUT2D eigenvalue weighted by Gasteiger charge is -2.04. The zero-order valence-corrected chi connectivity index (χ0v) is 10.2. The van der Waals surface area contributed by atoms with Gasteiger partial charge in [-0.1, -0.05) is 43.5 Å². The van der Waals surface area contributed by atoms with Crippen LogP contribution in [0.25, 0.3) is 0 Å². The van der Waals surface area contributed by atoms with Gasteiger partial charge in [0.25, 0.3) is 0 Å². The molecule has 88 valence electrons. The van der Waals surface area contributed by atoms with Crippen molar-refractivity contribution in [2.24, 2.45) is 0 Å². The highest BCUT2D eigenvalue weighted by atomic mass is 16.5. The van der Waals surface area contributed by atoms with E-state index in [1.54, 1.807) is 0 Å². The van der Waals surface area contributed by atoms with Crippen LogP contribution in [0.5, 0.6) is 0 Å². The molecule has 0 heterocycles. The number of Topliss-reactive ketones (excluding diaryl/α,β-unsaturated/α-hetero) is 1. The summed E-state index contributed by atoms with van der Waals surface area (Å²) in [6, 6.07) is 7.63. The molecule has 0 saturated carbocycles. The second kappa shape index (κ2) is 7.18. The molecule has 16 heavy (non-hydrogen) atoms. The Morgan fingerprint density at radius 3 is 2.81 bits per heavy atom. The molecule has 0 aliphatic rings. The molecule has 0 atom stereocenters. The third kappa shape index (κ3) is 4.58. The minimum absolute atomic E-state index is 0.0696. The average molecular weight is 220 g/mol. The van der Waals surface area contributed by atoms with Crippen LogP contribution in [0.1, 0.15) is 42.1 Å². The summed E-state index contributed by atoms with van der Waals surface area (Å²) in [6.07, 6.45) is 3.38. The minimum Gasteiger partial charge on any atom is -0.373 e. The summed E-state index contributed by atoms with van der Waals surface area (Å²) < 4.78 is 5.34. The Kier molecular flexibility index (Phi) is 5.79. The molecule has 0 radical (unpaired) electrons. The van der Waals surface area contributed by atoms with E-state index < -0.39 is 0 Å². The van der Waals surface area contributed by atoms with E-state index in [-0.39, 0.29) is 12.4 Å². The highest BCUT2D eigenvalue weighted by Gasteiger charge is 2.05. The summed E-state index contributed by atoms with van der Waals surface area (Å²) in [5.41, 5.74) is 1.85. The van der Waals surface area contributed by atoms with Gasteiger partial charge in [0.15, 0.2) is 5.78 Å². The van der Waals surface area contributed by atoms with Crippen molar-refractivity contribution in [2.45, 2.75) is 33.1 Å². The Bertz CT molecular complexity index is 331. The Labute approximate surface area is 97.6 Å². The Morgan fingerprint density at radius 2 is 2.12 bits per heavy atom. The van der Waals surface area contributed by atoms with Gasteiger partial charge >= 0.3 is 0 Å². The van der Waals surface area contributed by atoms with E-state index >= 15 is 0 Å². The van der Waals surface area contributed by atoms with E-state index in [0.29, 0.717) is 6.61 Å². The maximum atomic E-state index is 11.7. The molecule has 2 heteroatoms. The fourth-order valence-corrected chi connectivity index (χ4v) is 1.52. The third-order valence-corrected chi connectivity index (χ3v) is 2.47. The summed E-state index contributed by atoms with van der Waals surface area (Å²) in [6.45, 7) is 5.02. The number of rotatable bonds is 7. The highest BCUT2D eigenvalue weighted by Crippen LogP contribution is 2.05. The predicted octanol–water partition coefficient (Wildman–Crippen LogP) is 3.38. The molecule has 0 bridgehead atoms. The first-order valence-corrected chi connectivity index (χ1v) is 5.91. The molecule has 0 aliphatic carbocycles. The lowest BCUT2D eigenvalue weighted by atomic mass is 10.1. The lowest BCUT2D eigenvalue weighted by Crippen LogP contribution is -2.09. The smallest absolute Gasteiger partial charge is 0.188 e. The lowest BCUT2D eigenvalue weighted by molar-refractivity contribution is 0.0753. The largest absolute Gasteiger partial charge is 0.373 e. The van der Waals surface area contributed by atoms with Gasteiger partial charge in [0.05, 0.1) is 0 Å². The van der Waals surface area contributed by atoms with E-state index in [1.807, 2.05) is 31.2 Å². The van der Waals surface area contributed by atoms with Crippen LogP contribution in [0, 0.1) is 6.92 Å². The molecule has 0 saturated heterocycles. The maximum absolute atomic E-state index is 11.7. The van der Waals surface area contributed by atoms with Gasteiger partial charge in [-0.15, -0.1) is 0 Å². The SMILES string of the molecule is CCCCCOCC(=O)c1cccc(C)c1. The molecule has 1 aromatic carbocycles. The van der Waals surface area contributed by atoms with Crippen LogP contribution in [-0.4, -0.2) is 19.0 Å². The van der Waals surface area contributed by atoms with Crippen molar-refractivity contribution in [3.8, 4) is 0 Å². The van der Waals surface area contributed by atoms with Crippen LogP contribution in [0.4, 0.5) is 0 Å². The van der Waals surface area contributed by atoms with Crippen molar-refractivity contribution < 1.29 is 9.53 Å². The number of hydrogen-bond acceptors (Lipinski definition) is 2. The molecule has 0 amide bonds. The molecule has 2 nitrogen and oxygen atoms in total. The number of hydrogen-bond donors (Lipinski definition) is 0. The number of ketones is 1. The molecule has 0 unspecified atom stereocenters. The van der Waals surface area contributed by atoms with Crippen molar-refractivity contribution in [3.05, 3.63) is 35.4 Å². The summed E-state index contributed by atoms with van der Waals surface area (Å²) >= 11 is 0. The number of benzene rings is 1. The van der Waals surface area contributed by atoms with Gasteiger partial charge in [-0.2, -0.15) is 0 Å². The Hall–Kier alpha value is -1.15. The van der Waals surface area contributed by atoms with Crippen molar-refractivity contribution in [3.63, 3.8) is 0 Å². The molecule has 0 N–H and O–H groups in total. The normalized spacial score (nSPS) is 10.4. The summed E-state index contributed by atoms with van der Waals surface area (Å²) in [4.78, 5) is 11.7. The zero-order chi connectivity index (χ0) is 11.8. The number of ether oxygens (including phenoxy) is 1. The van der Waals surface area contributed by atoms with Gasteiger partial charge < -0.3 is 4.74 Å². The van der Waals surface area contributed by atoms with Gasteiger partial charge in [-0.3, -0.25) is 4.79 Å². The molecule has 0 fully saturated rings. The molecule has 0 spiro atoms. The van der Waals surface area contributed by atoms with Crippen LogP contribution >= 0.6 is 0 Å². The fourth-order valence-electron chi connectivity index (χ4n) is 1.52. The first-order valence-electron chi connectivity index (χ1n) is 5.91. The van der Waals surface area contributed by atoms with Gasteiger partial charge in [-0.25, -0.2) is 0 Å². The van der Waals surface area contributed by atoms with Crippen LogP contribution < -0.4 is 0 Å². The monoisotopic (exact) mass is 220 g/mol. The van der Waals surface area contributed by atoms with E-state index in [9.17, 15) is 4.79 Å². The molecule has 0 aliphatic heterocycles. The first kappa shape index (κ1) is 12.9. The van der Waals surface area contributed by atoms with Crippen molar-refractivity contribution in [1.82, 2.24) is 0 Å². The summed E-state index contributed by atoms with van der Waals surface area (Å²) in [5.74, 6) is 0.0696. The number of unbranched alkanes of at least 4 members (excludes halogenated alkanes) is 2. The van der Waals surface area contributed by atoms with Crippen molar-refractivity contribution in [2.75, 3.05) is 13.2 Å². The summed E-state index contributed by atoms with van der Waals surface area (Å²) in [5, 5.41) is 0. The standard InChI is InChI=1S/C14H20O2/c1-3-4-5-9-16-11-14(15)13-8-6-7-12(2)10-13/h6-8,10H,3-5,9,11H2,1-2H3. The third-order valence-electron chi connectivity index (χ3n) is 2.47. The highest BCUT2D eigenvalue weighted by molar-refractivity contribution is 5.97. The Morgan fingerprint density at radius 1 is 1.31 bits per heavy atom. The Balaban J connectivity index is 2.30. The first-order chi connectivity index (χ1) is 7.74. The summed E-state index contributed by atoms with van der Waals surface area (Å²) in [7, 11) is 0. The fraction of sp³-hybridized carbons (Fsp3) is 0.500. The minimum atomic E-state index is 0.0696. The number of carbonyl (C=O) groups excluding carboxylic acids is 1. The van der Waals surface area contributed by atoms with Crippen LogP contribution in [-0.2, 0) is 4.74 Å². The van der Waals surface area contributed by atoms with E-state index in [1.165, 1.54) is 12.8 Å². The maximum Gasteiger partial charge on any atom is 0.188 e. The molecular weight excluding hydrogens is 200 g/mol. The van der Waals surface area contributed by atoms with E-state index in [2.05, 4.69) is 6.92 Å². The van der Waals surface area contributed by atoms with Crippen molar-refractivity contribution in [1.29, 1.82) is 0 Å². The quantitative estimate of drug-likeness (QED) is 0.520. The molecule has 1 rings (SSSR count). The van der Waals surface area contributed by atoms with Gasteiger partial charge in [0.2, 0.25) is 0 Å². The van der Waals surface area contributed by atoms with Crippen molar-refractivity contribution >= 4 is 5.78 Å². The average Bonchev–Trinajstić information content (AvgIpc) is 2.28. The van der Waals surface area contributed by atoms with Crippen LogP contribution in [0.2, 0.25) is 0 Å². The van der Waals surface area contributed by atoms with Crippen LogP contribution in [0.15, 0.2) is 24.3 Å². The molecule has 0 aromatic heterocycles. The topological polar surface area (TPSA) is 26.3 Å². The zero-order valence-electron chi connectivity index (χ0n) is 10.2. The van der Waals surface area contributed by atoms with Gasteiger partial charge in [0, 0.05) is 12.2 Å². The second-order valence-electron chi connectivity index (χ2n) is 4.05. The second-order valence-corrected chi connectivity index (χ2v) is 4.05. The van der Waals surface area contributed by atoms with E-state index in [0.717, 1.165) is 17.5 Å². The number of aryl methyl sites for hydroxylation is 1.